The summed E-state index contributed by atoms with van der Waals surface area (Å²) in [5.74, 6) is -4.21. The molecule has 0 spiro atoms. The van der Waals surface area contributed by atoms with Crippen molar-refractivity contribution < 1.29 is 50.6 Å². The number of halogens is 8. The SMILES string of the molecule is CCC[C@H](NC(=O)[C@H](Cc1cc(Cl)c(O)c(Cl)c1)N[C@@H](c1ccc(OC(F)(F)F)cc1)C(F)(F)F)C(=O)C(=O)NC1CCCC1. The summed E-state index contributed by atoms with van der Waals surface area (Å²) in [5, 5.41) is 16.6. The molecule has 3 rings (SSSR count). The first kappa shape index (κ1) is 36.2. The zero-order valence-corrected chi connectivity index (χ0v) is 25.3. The average molecular weight is 686 g/mol. The zero-order chi connectivity index (χ0) is 33.5. The van der Waals surface area contributed by atoms with Crippen LogP contribution in [0.1, 0.15) is 62.6 Å². The second-order valence-electron chi connectivity index (χ2n) is 10.6. The number of hydrogen-bond acceptors (Lipinski definition) is 6. The number of hydrogen-bond donors (Lipinski definition) is 4. The molecule has 0 radical (unpaired) electrons. The summed E-state index contributed by atoms with van der Waals surface area (Å²) in [5.41, 5.74) is -0.420. The molecule has 0 bridgehead atoms. The fourth-order valence-electron chi connectivity index (χ4n) is 4.96. The molecule has 1 aliphatic rings. The standard InChI is InChI=1S/C29H31Cl2F6N3O5/c1-2-5-21(24(42)27(44)38-17-6-3-4-7-17)40-26(43)22(14-15-12-19(30)23(41)20(31)13-15)39-25(28(32,33)34)16-8-10-18(11-9-16)45-29(35,36)37/h8-13,17,21-22,25,39,41H,2-7,14H2,1H3,(H,38,44)(H,40,43)/t21-,22-,25-/m0/s1. The van der Waals surface area contributed by atoms with Crippen molar-refractivity contribution >= 4 is 40.8 Å². The highest BCUT2D eigenvalue weighted by atomic mass is 35.5. The maximum Gasteiger partial charge on any atom is 0.573 e. The summed E-state index contributed by atoms with van der Waals surface area (Å²) in [6.07, 6.45) is -7.13. The third-order valence-electron chi connectivity index (χ3n) is 7.10. The number of aromatic hydroxyl groups is 1. The van der Waals surface area contributed by atoms with Gasteiger partial charge in [0.15, 0.2) is 5.75 Å². The van der Waals surface area contributed by atoms with Crippen molar-refractivity contribution in [2.45, 2.75) is 88.6 Å². The predicted molar refractivity (Wildman–Crippen MR) is 153 cm³/mol. The van der Waals surface area contributed by atoms with Crippen LogP contribution in [0.25, 0.3) is 0 Å². The molecule has 2 amide bonds. The van der Waals surface area contributed by atoms with Crippen molar-refractivity contribution in [1.29, 1.82) is 0 Å². The van der Waals surface area contributed by atoms with E-state index in [1.165, 1.54) is 12.1 Å². The second kappa shape index (κ2) is 15.4. The summed E-state index contributed by atoms with van der Waals surface area (Å²) in [6.45, 7) is 1.68. The first-order valence-corrected chi connectivity index (χ1v) is 14.7. The van der Waals surface area contributed by atoms with Gasteiger partial charge in [-0.25, -0.2) is 0 Å². The van der Waals surface area contributed by atoms with E-state index in [0.29, 0.717) is 31.4 Å². The van der Waals surface area contributed by atoms with Crippen molar-refractivity contribution in [1.82, 2.24) is 16.0 Å². The van der Waals surface area contributed by atoms with Crippen molar-refractivity contribution in [3.8, 4) is 11.5 Å². The van der Waals surface area contributed by atoms with E-state index < -0.39 is 71.7 Å². The molecule has 2 aromatic rings. The summed E-state index contributed by atoms with van der Waals surface area (Å²) >= 11 is 11.9. The highest BCUT2D eigenvalue weighted by Gasteiger charge is 2.43. The molecule has 8 nitrogen and oxygen atoms in total. The number of ketones is 1. The van der Waals surface area contributed by atoms with Crippen molar-refractivity contribution in [3.05, 3.63) is 57.6 Å². The number of benzene rings is 2. The average Bonchev–Trinajstić information content (AvgIpc) is 3.45. The molecule has 1 fully saturated rings. The van der Waals surface area contributed by atoms with Gasteiger partial charge in [-0.2, -0.15) is 13.2 Å². The molecule has 0 unspecified atom stereocenters. The fraction of sp³-hybridized carbons (Fsp3) is 0.483. The van der Waals surface area contributed by atoms with Crippen LogP contribution in [0.5, 0.6) is 11.5 Å². The highest BCUT2D eigenvalue weighted by Crippen LogP contribution is 2.36. The van der Waals surface area contributed by atoms with Crippen LogP contribution in [-0.4, -0.2) is 53.4 Å². The van der Waals surface area contributed by atoms with Crippen LogP contribution in [0.4, 0.5) is 26.3 Å². The monoisotopic (exact) mass is 685 g/mol. The van der Waals surface area contributed by atoms with Crippen LogP contribution in [0, 0.1) is 0 Å². The third kappa shape index (κ3) is 10.7. The number of phenolic OH excluding ortho intramolecular Hbond substituents is 1. The highest BCUT2D eigenvalue weighted by molar-refractivity contribution is 6.38. The minimum absolute atomic E-state index is 0.00954. The molecule has 45 heavy (non-hydrogen) atoms. The van der Waals surface area contributed by atoms with Crippen LogP contribution >= 0.6 is 23.2 Å². The zero-order valence-electron chi connectivity index (χ0n) is 23.8. The molecule has 2 aromatic carbocycles. The quantitative estimate of drug-likeness (QED) is 0.145. The first-order chi connectivity index (χ1) is 21.0. The van der Waals surface area contributed by atoms with E-state index in [9.17, 15) is 45.8 Å². The molecule has 0 aromatic heterocycles. The maximum atomic E-state index is 14.3. The number of alkyl halides is 6. The van der Waals surface area contributed by atoms with E-state index >= 15 is 0 Å². The Balaban J connectivity index is 1.92. The Kier molecular flexibility index (Phi) is 12.4. The molecular formula is C29H31Cl2F6N3O5. The number of ether oxygens (including phenoxy) is 1. The first-order valence-electron chi connectivity index (χ1n) is 14.0. The summed E-state index contributed by atoms with van der Waals surface area (Å²) < 4.78 is 84.5. The van der Waals surface area contributed by atoms with Gasteiger partial charge in [0.2, 0.25) is 11.7 Å². The van der Waals surface area contributed by atoms with Gasteiger partial charge in [-0.05, 0) is 61.1 Å². The van der Waals surface area contributed by atoms with Gasteiger partial charge in [0, 0.05) is 6.04 Å². The lowest BCUT2D eigenvalue weighted by atomic mass is 9.99. The number of carbonyl (C=O) groups is 3. The minimum Gasteiger partial charge on any atom is -0.505 e. The number of phenols is 1. The number of amides is 2. The molecule has 0 aliphatic heterocycles. The number of nitrogens with one attached hydrogen (secondary N) is 3. The van der Waals surface area contributed by atoms with Crippen LogP contribution in [0.2, 0.25) is 10.0 Å². The molecule has 1 aliphatic carbocycles. The third-order valence-corrected chi connectivity index (χ3v) is 7.68. The molecule has 3 atom stereocenters. The van der Waals surface area contributed by atoms with E-state index in [4.69, 9.17) is 23.2 Å². The summed E-state index contributed by atoms with van der Waals surface area (Å²) in [4.78, 5) is 39.2. The van der Waals surface area contributed by atoms with Gasteiger partial charge in [-0.1, -0.05) is 61.5 Å². The summed E-state index contributed by atoms with van der Waals surface area (Å²) in [6, 6.07) is -0.625. The molecule has 248 valence electrons. The Bertz CT molecular complexity index is 1330. The minimum atomic E-state index is -5.07. The van der Waals surface area contributed by atoms with Crippen LogP contribution in [0.15, 0.2) is 36.4 Å². The van der Waals surface area contributed by atoms with Crippen LogP contribution < -0.4 is 20.7 Å². The van der Waals surface area contributed by atoms with E-state index in [0.717, 1.165) is 25.0 Å². The number of rotatable bonds is 13. The Hall–Kier alpha value is -3.23. The van der Waals surface area contributed by atoms with E-state index in [-0.39, 0.29) is 28.1 Å². The molecular weight excluding hydrogens is 655 g/mol. The van der Waals surface area contributed by atoms with Crippen LogP contribution in [0.3, 0.4) is 0 Å². The topological polar surface area (TPSA) is 117 Å². The van der Waals surface area contributed by atoms with Crippen LogP contribution in [-0.2, 0) is 20.8 Å². The molecule has 0 saturated heterocycles. The molecule has 1 saturated carbocycles. The van der Waals surface area contributed by atoms with Crippen molar-refractivity contribution in [2.75, 3.05) is 0 Å². The van der Waals surface area contributed by atoms with E-state index in [1.54, 1.807) is 6.92 Å². The number of carbonyl (C=O) groups excluding carboxylic acids is 3. The van der Waals surface area contributed by atoms with E-state index in [1.807, 2.05) is 0 Å². The Morgan fingerprint density at radius 3 is 2.07 bits per heavy atom. The number of Topliss-reactive ketones (excluding diaryl/α,β-unsaturated/α-hetero) is 1. The van der Waals surface area contributed by atoms with Gasteiger partial charge < -0.3 is 20.5 Å². The van der Waals surface area contributed by atoms with Gasteiger partial charge in [-0.15, -0.1) is 13.2 Å². The Morgan fingerprint density at radius 1 is 0.978 bits per heavy atom. The molecule has 0 heterocycles. The maximum absolute atomic E-state index is 14.3. The Morgan fingerprint density at radius 2 is 1.56 bits per heavy atom. The van der Waals surface area contributed by atoms with Gasteiger partial charge in [0.05, 0.1) is 22.1 Å². The summed E-state index contributed by atoms with van der Waals surface area (Å²) in [7, 11) is 0. The predicted octanol–water partition coefficient (Wildman–Crippen LogP) is 6.31. The smallest absolute Gasteiger partial charge is 0.505 e. The molecule has 4 N–H and O–H groups in total. The van der Waals surface area contributed by atoms with E-state index in [2.05, 4.69) is 20.7 Å². The lowest BCUT2D eigenvalue weighted by molar-refractivity contribution is -0.274. The second-order valence-corrected chi connectivity index (χ2v) is 11.4. The lowest BCUT2D eigenvalue weighted by Crippen LogP contribution is -2.55. The Labute approximate surface area is 264 Å². The van der Waals surface area contributed by atoms with Gasteiger partial charge in [0.25, 0.3) is 5.91 Å². The van der Waals surface area contributed by atoms with Gasteiger partial charge in [0.1, 0.15) is 11.8 Å². The largest absolute Gasteiger partial charge is 0.573 e. The molecule has 16 heteroatoms. The normalized spacial score (nSPS) is 16.1. The van der Waals surface area contributed by atoms with Crippen molar-refractivity contribution in [3.63, 3.8) is 0 Å². The van der Waals surface area contributed by atoms with Crippen molar-refractivity contribution in [2.24, 2.45) is 0 Å². The van der Waals surface area contributed by atoms with Gasteiger partial charge >= 0.3 is 12.5 Å². The lowest BCUT2D eigenvalue weighted by Gasteiger charge is -2.29. The van der Waals surface area contributed by atoms with Gasteiger partial charge in [-0.3, -0.25) is 19.7 Å². The fourth-order valence-corrected chi connectivity index (χ4v) is 5.49.